The molecule has 0 fully saturated rings. The zero-order valence-corrected chi connectivity index (χ0v) is 15.5. The van der Waals surface area contributed by atoms with Gasteiger partial charge in [-0.05, 0) is 42.0 Å². The third-order valence-corrected chi connectivity index (χ3v) is 6.40. The fourth-order valence-corrected chi connectivity index (χ4v) is 4.67. The van der Waals surface area contributed by atoms with Gasteiger partial charge in [0, 0.05) is 19.5 Å². The van der Waals surface area contributed by atoms with Crippen LogP contribution in [0.4, 0.5) is 0 Å². The van der Waals surface area contributed by atoms with E-state index in [2.05, 4.69) is 5.32 Å². The predicted molar refractivity (Wildman–Crippen MR) is 102 cm³/mol. The maximum Gasteiger partial charge on any atom is 0.252 e. The van der Waals surface area contributed by atoms with Crippen LogP contribution < -0.4 is 5.32 Å². The van der Waals surface area contributed by atoms with Gasteiger partial charge in [0.15, 0.2) is 0 Å². The van der Waals surface area contributed by atoms with Crippen molar-refractivity contribution in [3.63, 3.8) is 0 Å². The number of carbonyl (C=O) groups is 1. The van der Waals surface area contributed by atoms with E-state index in [1.165, 1.54) is 22.7 Å². The number of thiophene rings is 2. The number of benzene rings is 1. The maximum atomic E-state index is 12.4. The van der Waals surface area contributed by atoms with Crippen LogP contribution in [0.3, 0.4) is 0 Å². The Hall–Kier alpha value is -1.60. The van der Waals surface area contributed by atoms with Crippen molar-refractivity contribution in [1.82, 2.24) is 5.32 Å². The molecule has 0 aliphatic carbocycles. The topological polar surface area (TPSA) is 49.3 Å². The third-order valence-electron chi connectivity index (χ3n) is 3.54. The van der Waals surface area contributed by atoms with E-state index in [1.54, 1.807) is 11.8 Å². The number of hydrogen-bond donors (Lipinski definition) is 2. The van der Waals surface area contributed by atoms with E-state index >= 15 is 0 Å². The van der Waals surface area contributed by atoms with Crippen LogP contribution in [0.1, 0.15) is 31.1 Å². The summed E-state index contributed by atoms with van der Waals surface area (Å²) in [5.41, 5.74) is 0.695. The van der Waals surface area contributed by atoms with Crippen LogP contribution in [0.2, 0.25) is 0 Å². The molecule has 0 aliphatic heterocycles. The van der Waals surface area contributed by atoms with E-state index in [9.17, 15) is 9.90 Å². The number of carbonyl (C=O) groups excluding carboxylic acids is 1. The number of amides is 1. The summed E-state index contributed by atoms with van der Waals surface area (Å²) in [5, 5.41) is 15.3. The van der Waals surface area contributed by atoms with Crippen LogP contribution >= 0.6 is 34.4 Å². The molecule has 6 heteroatoms. The van der Waals surface area contributed by atoms with Crippen molar-refractivity contribution in [1.29, 1.82) is 0 Å². The highest BCUT2D eigenvalue weighted by molar-refractivity contribution is 7.98. The van der Waals surface area contributed by atoms with Gasteiger partial charge in [-0.2, -0.15) is 0 Å². The van der Waals surface area contributed by atoms with Crippen LogP contribution in [0.15, 0.2) is 58.8 Å². The van der Waals surface area contributed by atoms with Crippen molar-refractivity contribution in [3.05, 3.63) is 74.1 Å². The molecule has 0 saturated heterocycles. The first kappa shape index (κ1) is 17.2. The Morgan fingerprint density at radius 1 is 1.17 bits per heavy atom. The molecule has 3 aromatic rings. The average molecular weight is 376 g/mol. The first-order valence-electron chi connectivity index (χ1n) is 7.40. The minimum Gasteiger partial charge on any atom is -0.382 e. The lowest BCUT2D eigenvalue weighted by molar-refractivity contribution is 0.0948. The van der Waals surface area contributed by atoms with E-state index < -0.39 is 6.10 Å². The predicted octanol–water partition coefficient (Wildman–Crippen LogP) is 4.54. The summed E-state index contributed by atoms with van der Waals surface area (Å²) in [6, 6.07) is 15.3. The van der Waals surface area contributed by atoms with E-state index in [-0.39, 0.29) is 5.91 Å². The molecule has 1 amide bonds. The number of thioether (sulfide) groups is 1. The summed E-state index contributed by atoms with van der Waals surface area (Å²) in [6.07, 6.45) is 1.38. The minimum atomic E-state index is -0.586. The maximum absolute atomic E-state index is 12.4. The number of nitrogens with one attached hydrogen (secondary N) is 1. The minimum absolute atomic E-state index is 0.0753. The van der Waals surface area contributed by atoms with Crippen molar-refractivity contribution in [3.8, 4) is 0 Å². The second-order valence-electron chi connectivity index (χ2n) is 5.10. The van der Waals surface area contributed by atoms with Crippen LogP contribution in [-0.4, -0.2) is 17.3 Å². The molecule has 1 aromatic carbocycles. The molecule has 0 saturated carbocycles. The Bertz CT molecular complexity index is 811. The Morgan fingerprint density at radius 3 is 2.75 bits per heavy atom. The molecular formula is C18H17NO2S3. The summed E-state index contributed by atoms with van der Waals surface area (Å²) in [6.45, 7) is 0.462. The molecule has 0 aliphatic rings. The Balaban J connectivity index is 1.64. The first-order chi connectivity index (χ1) is 11.7. The molecular weight excluding hydrogens is 358 g/mol. The lowest BCUT2D eigenvalue weighted by Gasteiger charge is -2.08. The molecule has 2 N–H and O–H groups in total. The molecule has 1 atom stereocenters. The smallest absolute Gasteiger partial charge is 0.252 e. The Morgan fingerprint density at radius 2 is 2.00 bits per heavy atom. The van der Waals surface area contributed by atoms with Gasteiger partial charge in [-0.25, -0.2) is 0 Å². The summed E-state index contributed by atoms with van der Waals surface area (Å²) >= 11 is 4.62. The van der Waals surface area contributed by atoms with Crippen LogP contribution in [0, 0.1) is 0 Å². The highest BCUT2D eigenvalue weighted by Crippen LogP contribution is 2.31. The van der Waals surface area contributed by atoms with Crippen LogP contribution in [0.5, 0.6) is 0 Å². The number of aliphatic hydroxyl groups is 1. The molecule has 24 heavy (non-hydrogen) atoms. The van der Waals surface area contributed by atoms with E-state index in [4.69, 9.17) is 0 Å². The Kier molecular flexibility index (Phi) is 5.73. The highest BCUT2D eigenvalue weighted by Gasteiger charge is 2.15. The van der Waals surface area contributed by atoms with Gasteiger partial charge in [-0.1, -0.05) is 18.2 Å². The molecule has 2 heterocycles. The monoisotopic (exact) mass is 375 g/mol. The lowest BCUT2D eigenvalue weighted by atomic mass is 10.2. The zero-order chi connectivity index (χ0) is 16.9. The fraction of sp³-hybridized carbons (Fsp3) is 0.167. The molecule has 0 bridgehead atoms. The second-order valence-corrected chi connectivity index (χ2v) is 8.13. The number of aliphatic hydroxyl groups excluding tert-OH is 1. The normalized spacial score (nSPS) is 12.1. The third kappa shape index (κ3) is 3.89. The second kappa shape index (κ2) is 7.98. The van der Waals surface area contributed by atoms with E-state index in [1.807, 2.05) is 60.2 Å². The number of rotatable bonds is 6. The van der Waals surface area contributed by atoms with Crippen molar-refractivity contribution in [2.45, 2.75) is 17.5 Å². The summed E-state index contributed by atoms with van der Waals surface area (Å²) < 4.78 is 0. The van der Waals surface area contributed by atoms with Gasteiger partial charge in [0.25, 0.3) is 5.91 Å². The molecule has 1 unspecified atom stereocenters. The van der Waals surface area contributed by atoms with Crippen molar-refractivity contribution >= 4 is 40.3 Å². The largest absolute Gasteiger partial charge is 0.382 e. The van der Waals surface area contributed by atoms with Gasteiger partial charge in [-0.3, -0.25) is 4.79 Å². The molecule has 3 nitrogen and oxygen atoms in total. The molecule has 3 rings (SSSR count). The quantitative estimate of drug-likeness (QED) is 0.622. The van der Waals surface area contributed by atoms with Gasteiger partial charge in [-0.15, -0.1) is 34.4 Å². The fourth-order valence-electron chi connectivity index (χ4n) is 2.32. The SMILES string of the molecule is CSc1ccccc1C(=O)NCc1ccc(C(O)c2cccs2)s1. The standard InChI is InChI=1S/C18H17NO2S3/c1-22-14-6-3-2-5-13(14)18(21)19-11-12-8-9-16(24-12)17(20)15-7-4-10-23-15/h2-10,17,20H,11H2,1H3,(H,19,21). The van der Waals surface area contributed by atoms with Crippen LogP contribution in [0.25, 0.3) is 0 Å². The van der Waals surface area contributed by atoms with Gasteiger partial charge >= 0.3 is 0 Å². The lowest BCUT2D eigenvalue weighted by Crippen LogP contribution is -2.22. The van der Waals surface area contributed by atoms with E-state index in [0.717, 1.165) is 19.5 Å². The number of hydrogen-bond acceptors (Lipinski definition) is 5. The summed E-state index contributed by atoms with van der Waals surface area (Å²) in [7, 11) is 0. The first-order valence-corrected chi connectivity index (χ1v) is 10.3. The van der Waals surface area contributed by atoms with Gasteiger partial charge < -0.3 is 10.4 Å². The van der Waals surface area contributed by atoms with E-state index in [0.29, 0.717) is 12.1 Å². The molecule has 0 radical (unpaired) electrons. The van der Waals surface area contributed by atoms with Gasteiger partial charge in [0.1, 0.15) is 6.10 Å². The van der Waals surface area contributed by atoms with Crippen molar-refractivity contribution in [2.24, 2.45) is 0 Å². The summed E-state index contributed by atoms with van der Waals surface area (Å²) in [5.74, 6) is -0.0753. The van der Waals surface area contributed by atoms with Gasteiger partial charge in [0.2, 0.25) is 0 Å². The molecule has 124 valence electrons. The van der Waals surface area contributed by atoms with Crippen molar-refractivity contribution in [2.75, 3.05) is 6.26 Å². The van der Waals surface area contributed by atoms with Gasteiger partial charge in [0.05, 0.1) is 12.1 Å². The zero-order valence-electron chi connectivity index (χ0n) is 13.1. The Labute approximate surface area is 153 Å². The molecule has 2 aromatic heterocycles. The average Bonchev–Trinajstić information content (AvgIpc) is 3.30. The van der Waals surface area contributed by atoms with Crippen molar-refractivity contribution < 1.29 is 9.90 Å². The van der Waals surface area contributed by atoms with Crippen LogP contribution in [-0.2, 0) is 6.54 Å². The molecule has 0 spiro atoms. The summed E-state index contributed by atoms with van der Waals surface area (Å²) in [4.78, 5) is 16.2. The highest BCUT2D eigenvalue weighted by atomic mass is 32.2.